The molecule has 0 fully saturated rings. The van der Waals surface area contributed by atoms with E-state index in [0.29, 0.717) is 17.1 Å². The molecular weight excluding hydrogens is 291 g/mol. The first-order chi connectivity index (χ1) is 11.1. The summed E-state index contributed by atoms with van der Waals surface area (Å²) >= 11 is 0. The van der Waals surface area contributed by atoms with Gasteiger partial charge in [0.2, 0.25) is 0 Å². The molecule has 4 nitrogen and oxygen atoms in total. The third-order valence-electron chi connectivity index (χ3n) is 3.93. The third-order valence-corrected chi connectivity index (χ3v) is 3.93. The number of aromatic amines is 1. The molecule has 0 aliphatic heterocycles. The summed E-state index contributed by atoms with van der Waals surface area (Å²) in [5.41, 5.74) is 4.83. The van der Waals surface area contributed by atoms with Crippen LogP contribution >= 0.6 is 0 Å². The number of rotatable bonds is 2. The predicted molar refractivity (Wildman–Crippen MR) is 88.4 cm³/mol. The third kappa shape index (κ3) is 2.21. The van der Waals surface area contributed by atoms with Gasteiger partial charge in [0.25, 0.3) is 0 Å². The average Bonchev–Trinajstić information content (AvgIpc) is 3.12. The number of para-hydroxylation sites is 1. The topological polar surface area (TPSA) is 46.5 Å². The molecule has 0 saturated heterocycles. The van der Waals surface area contributed by atoms with E-state index in [0.717, 1.165) is 22.2 Å². The van der Waals surface area contributed by atoms with Crippen molar-refractivity contribution in [2.45, 2.75) is 6.92 Å². The molecule has 0 unspecified atom stereocenters. The fraction of sp³-hybridized carbons (Fsp3) is 0.111. The van der Waals surface area contributed by atoms with Crippen molar-refractivity contribution in [2.24, 2.45) is 7.05 Å². The summed E-state index contributed by atoms with van der Waals surface area (Å²) in [5.74, 6) is 0.403. The van der Waals surface area contributed by atoms with Crippen molar-refractivity contribution < 1.29 is 4.39 Å². The van der Waals surface area contributed by atoms with Gasteiger partial charge in [0.05, 0.1) is 16.6 Å². The smallest absolute Gasteiger partial charge is 0.142 e. The van der Waals surface area contributed by atoms with Crippen molar-refractivity contribution in [2.75, 3.05) is 0 Å². The molecule has 0 spiro atoms. The van der Waals surface area contributed by atoms with Crippen LogP contribution < -0.4 is 0 Å². The fourth-order valence-corrected chi connectivity index (χ4v) is 2.82. The summed E-state index contributed by atoms with van der Waals surface area (Å²) in [5, 5.41) is 4.43. The van der Waals surface area contributed by atoms with Crippen LogP contribution in [0.2, 0.25) is 0 Å². The molecule has 2 aromatic carbocycles. The lowest BCUT2D eigenvalue weighted by Gasteiger charge is -2.01. The Morgan fingerprint density at radius 1 is 1.04 bits per heavy atom. The summed E-state index contributed by atoms with van der Waals surface area (Å²) in [6, 6.07) is 12.6. The molecule has 5 heteroatoms. The molecule has 2 aromatic heterocycles. The first-order valence-corrected chi connectivity index (χ1v) is 7.38. The number of halogens is 1. The number of H-pyrrole nitrogens is 1. The molecular formula is C18H15FN4. The summed E-state index contributed by atoms with van der Waals surface area (Å²) in [4.78, 5) is 7.99. The quantitative estimate of drug-likeness (QED) is 0.606. The van der Waals surface area contributed by atoms with Crippen LogP contribution in [0.1, 0.15) is 5.56 Å². The normalized spacial score (nSPS) is 11.3. The second-order valence-corrected chi connectivity index (χ2v) is 5.60. The van der Waals surface area contributed by atoms with Gasteiger partial charge in [-0.1, -0.05) is 24.3 Å². The van der Waals surface area contributed by atoms with Crippen LogP contribution in [0.15, 0.2) is 48.7 Å². The van der Waals surface area contributed by atoms with Crippen molar-refractivity contribution in [3.8, 4) is 22.6 Å². The van der Waals surface area contributed by atoms with E-state index in [2.05, 4.69) is 15.1 Å². The number of fused-ring (bicyclic) bond motifs is 1. The number of aromatic nitrogens is 4. The zero-order chi connectivity index (χ0) is 16.0. The lowest BCUT2D eigenvalue weighted by atomic mass is 10.1. The van der Waals surface area contributed by atoms with Crippen LogP contribution in [0.4, 0.5) is 4.39 Å². The highest BCUT2D eigenvalue weighted by Crippen LogP contribution is 2.32. The number of hydrogen-bond acceptors (Lipinski definition) is 2. The van der Waals surface area contributed by atoms with Gasteiger partial charge in [-0.05, 0) is 30.7 Å². The van der Waals surface area contributed by atoms with E-state index in [1.54, 1.807) is 22.9 Å². The maximum Gasteiger partial charge on any atom is 0.142 e. The van der Waals surface area contributed by atoms with Crippen molar-refractivity contribution in [3.05, 3.63) is 60.0 Å². The molecule has 0 saturated carbocycles. The zero-order valence-corrected chi connectivity index (χ0v) is 12.8. The van der Waals surface area contributed by atoms with Gasteiger partial charge in [-0.2, -0.15) is 5.10 Å². The maximum atomic E-state index is 14.2. The Kier molecular flexibility index (Phi) is 3.01. The largest absolute Gasteiger partial charge is 0.338 e. The highest BCUT2D eigenvalue weighted by atomic mass is 19.1. The molecule has 1 N–H and O–H groups in total. The molecule has 0 aliphatic carbocycles. The average molecular weight is 306 g/mol. The molecule has 23 heavy (non-hydrogen) atoms. The Balaban J connectivity index is 1.95. The standard InChI is InChI=1S/C18H15FN4/c1-11-6-5-9-15-16(11)21-18(20-15)13-10-23(2)22-17(13)12-7-3-4-8-14(12)19/h3-10H,1-2H3,(H,20,21). The van der Waals surface area contributed by atoms with Crippen LogP contribution in [0.3, 0.4) is 0 Å². The van der Waals surface area contributed by atoms with Crippen LogP contribution in [0.25, 0.3) is 33.7 Å². The molecule has 0 bridgehead atoms. The SMILES string of the molecule is Cc1cccc2[nH]c(-c3cn(C)nc3-c3ccccc3F)nc12. The lowest BCUT2D eigenvalue weighted by Crippen LogP contribution is -1.90. The van der Waals surface area contributed by atoms with Gasteiger partial charge in [-0.3, -0.25) is 4.68 Å². The van der Waals surface area contributed by atoms with Crippen molar-refractivity contribution >= 4 is 11.0 Å². The molecule has 114 valence electrons. The number of imidazole rings is 1. The van der Waals surface area contributed by atoms with Gasteiger partial charge in [-0.25, -0.2) is 9.37 Å². The number of aryl methyl sites for hydroxylation is 2. The Morgan fingerprint density at radius 2 is 1.87 bits per heavy atom. The minimum absolute atomic E-state index is 0.292. The minimum atomic E-state index is -0.292. The summed E-state index contributed by atoms with van der Waals surface area (Å²) in [6.45, 7) is 2.02. The molecule has 4 aromatic rings. The second-order valence-electron chi connectivity index (χ2n) is 5.60. The second kappa shape index (κ2) is 5.05. The molecule has 4 rings (SSSR count). The van der Waals surface area contributed by atoms with Crippen molar-refractivity contribution in [3.63, 3.8) is 0 Å². The summed E-state index contributed by atoms with van der Waals surface area (Å²) in [7, 11) is 1.82. The predicted octanol–water partition coefficient (Wildman–Crippen LogP) is 4.08. The van der Waals surface area contributed by atoms with E-state index in [-0.39, 0.29) is 5.82 Å². The van der Waals surface area contributed by atoms with E-state index in [4.69, 9.17) is 0 Å². The van der Waals surface area contributed by atoms with Gasteiger partial charge >= 0.3 is 0 Å². The molecule has 0 amide bonds. The van der Waals surface area contributed by atoms with Gasteiger partial charge in [-0.15, -0.1) is 0 Å². The molecule has 0 atom stereocenters. The Morgan fingerprint density at radius 3 is 2.65 bits per heavy atom. The Labute approximate surface area is 132 Å². The number of hydrogen-bond donors (Lipinski definition) is 1. The monoisotopic (exact) mass is 306 g/mol. The number of nitrogens with one attached hydrogen (secondary N) is 1. The van der Waals surface area contributed by atoms with Gasteiger partial charge < -0.3 is 4.98 Å². The first-order valence-electron chi connectivity index (χ1n) is 7.38. The van der Waals surface area contributed by atoms with Gasteiger partial charge in [0.15, 0.2) is 0 Å². The maximum absolute atomic E-state index is 14.2. The van der Waals surface area contributed by atoms with E-state index >= 15 is 0 Å². The zero-order valence-electron chi connectivity index (χ0n) is 12.8. The van der Waals surface area contributed by atoms with Gasteiger partial charge in [0, 0.05) is 18.8 Å². The van der Waals surface area contributed by atoms with E-state index < -0.39 is 0 Å². The summed E-state index contributed by atoms with van der Waals surface area (Å²) in [6.07, 6.45) is 1.86. The number of nitrogens with zero attached hydrogens (tertiary/aromatic N) is 3. The fourth-order valence-electron chi connectivity index (χ4n) is 2.82. The minimum Gasteiger partial charge on any atom is -0.338 e. The molecule has 2 heterocycles. The van der Waals surface area contributed by atoms with E-state index in [9.17, 15) is 4.39 Å². The molecule has 0 aliphatic rings. The molecule has 0 radical (unpaired) electrons. The Bertz CT molecular complexity index is 1010. The van der Waals surface area contributed by atoms with Crippen LogP contribution in [0, 0.1) is 12.7 Å². The van der Waals surface area contributed by atoms with Crippen LogP contribution in [-0.4, -0.2) is 19.7 Å². The Hall–Kier alpha value is -2.95. The first kappa shape index (κ1) is 13.7. The number of benzene rings is 2. The highest BCUT2D eigenvalue weighted by Gasteiger charge is 2.18. The van der Waals surface area contributed by atoms with Gasteiger partial charge in [0.1, 0.15) is 17.3 Å². The van der Waals surface area contributed by atoms with E-state index in [1.165, 1.54) is 6.07 Å². The summed E-state index contributed by atoms with van der Waals surface area (Å²) < 4.78 is 15.8. The van der Waals surface area contributed by atoms with Crippen LogP contribution in [0.5, 0.6) is 0 Å². The van der Waals surface area contributed by atoms with Crippen LogP contribution in [-0.2, 0) is 7.05 Å². The van der Waals surface area contributed by atoms with Crippen molar-refractivity contribution in [1.29, 1.82) is 0 Å². The van der Waals surface area contributed by atoms with E-state index in [1.807, 2.05) is 38.4 Å². The van der Waals surface area contributed by atoms with Crippen molar-refractivity contribution in [1.82, 2.24) is 19.7 Å². The lowest BCUT2D eigenvalue weighted by molar-refractivity contribution is 0.630. The highest BCUT2D eigenvalue weighted by molar-refractivity contribution is 5.85.